The van der Waals surface area contributed by atoms with Crippen LogP contribution >= 0.6 is 0 Å². The topological polar surface area (TPSA) is 32.3 Å². The lowest BCUT2D eigenvalue weighted by Gasteiger charge is -2.23. The fourth-order valence-electron chi connectivity index (χ4n) is 2.65. The first-order valence-corrected chi connectivity index (χ1v) is 8.39. The van der Waals surface area contributed by atoms with Crippen molar-refractivity contribution in [3.63, 3.8) is 0 Å². The minimum Gasteiger partial charge on any atom is -0.385 e. The Kier molecular flexibility index (Phi) is 4.47. The zero-order valence-electron chi connectivity index (χ0n) is 13.0. The highest BCUT2D eigenvalue weighted by molar-refractivity contribution is 5.94. The predicted octanol–water partition coefficient (Wildman–Crippen LogP) is 3.77. The highest BCUT2D eigenvalue weighted by Crippen LogP contribution is 2.34. The van der Waals surface area contributed by atoms with Crippen LogP contribution in [0.1, 0.15) is 49.4 Å². The van der Waals surface area contributed by atoms with E-state index in [1.165, 1.54) is 25.7 Å². The van der Waals surface area contributed by atoms with Gasteiger partial charge in [0.15, 0.2) is 0 Å². The highest BCUT2D eigenvalue weighted by atomic mass is 16.2. The van der Waals surface area contributed by atoms with Crippen molar-refractivity contribution >= 4 is 11.6 Å². The van der Waals surface area contributed by atoms with E-state index in [2.05, 4.69) is 17.1 Å². The molecule has 2 aliphatic carbocycles. The van der Waals surface area contributed by atoms with Gasteiger partial charge >= 0.3 is 0 Å². The van der Waals surface area contributed by atoms with Gasteiger partial charge in [0, 0.05) is 30.9 Å². The van der Waals surface area contributed by atoms with Gasteiger partial charge in [-0.3, -0.25) is 4.79 Å². The van der Waals surface area contributed by atoms with Gasteiger partial charge < -0.3 is 10.2 Å². The quantitative estimate of drug-likeness (QED) is 0.789. The monoisotopic (exact) mass is 286 g/mol. The second-order valence-electron chi connectivity index (χ2n) is 6.60. The van der Waals surface area contributed by atoms with E-state index in [0.717, 1.165) is 49.1 Å². The lowest BCUT2D eigenvalue weighted by atomic mass is 10.1. The van der Waals surface area contributed by atoms with Crippen LogP contribution in [0.3, 0.4) is 0 Å². The van der Waals surface area contributed by atoms with Crippen LogP contribution in [0.4, 0.5) is 5.69 Å². The number of carbonyl (C=O) groups excluding carboxylic acids is 1. The van der Waals surface area contributed by atoms with Gasteiger partial charge in [-0.25, -0.2) is 0 Å². The van der Waals surface area contributed by atoms with Gasteiger partial charge in [0.2, 0.25) is 0 Å². The Bertz CT molecular complexity index is 460. The molecule has 2 aliphatic rings. The van der Waals surface area contributed by atoms with Crippen molar-refractivity contribution in [1.29, 1.82) is 0 Å². The number of benzene rings is 1. The average Bonchev–Trinajstić information content (AvgIpc) is 3.40. The fraction of sp³-hybridized carbons (Fsp3) is 0.611. The van der Waals surface area contributed by atoms with Gasteiger partial charge in [0.1, 0.15) is 0 Å². The Morgan fingerprint density at radius 1 is 1.10 bits per heavy atom. The second-order valence-corrected chi connectivity index (χ2v) is 6.60. The standard InChI is InChI=1S/C18H26N2O/c1-2-11-19-17-9-7-16(8-10-17)18(21)20(12-14-3-4-14)13-15-5-6-15/h7-10,14-15,19H,2-6,11-13H2,1H3. The number of rotatable bonds is 8. The zero-order valence-corrected chi connectivity index (χ0v) is 13.0. The summed E-state index contributed by atoms with van der Waals surface area (Å²) in [7, 11) is 0. The van der Waals surface area contributed by atoms with E-state index in [4.69, 9.17) is 0 Å². The normalized spacial score (nSPS) is 17.6. The molecule has 0 unspecified atom stereocenters. The Labute approximate surface area is 127 Å². The van der Waals surface area contributed by atoms with E-state index in [9.17, 15) is 4.79 Å². The molecule has 0 bridgehead atoms. The van der Waals surface area contributed by atoms with Crippen molar-refractivity contribution < 1.29 is 4.79 Å². The molecule has 0 heterocycles. The van der Waals surface area contributed by atoms with E-state index >= 15 is 0 Å². The van der Waals surface area contributed by atoms with E-state index in [1.807, 2.05) is 24.3 Å². The summed E-state index contributed by atoms with van der Waals surface area (Å²) < 4.78 is 0. The maximum absolute atomic E-state index is 12.7. The van der Waals surface area contributed by atoms with E-state index < -0.39 is 0 Å². The lowest BCUT2D eigenvalue weighted by Crippen LogP contribution is -2.34. The summed E-state index contributed by atoms with van der Waals surface area (Å²) in [5, 5.41) is 3.35. The van der Waals surface area contributed by atoms with Crippen LogP contribution in [-0.4, -0.2) is 30.4 Å². The summed E-state index contributed by atoms with van der Waals surface area (Å²) in [5.74, 6) is 1.74. The molecule has 1 N–H and O–H groups in total. The molecular formula is C18H26N2O. The number of hydrogen-bond acceptors (Lipinski definition) is 2. The third-order valence-electron chi connectivity index (χ3n) is 4.35. The molecule has 3 heteroatoms. The average molecular weight is 286 g/mol. The van der Waals surface area contributed by atoms with Crippen molar-refractivity contribution in [3.05, 3.63) is 29.8 Å². The molecule has 21 heavy (non-hydrogen) atoms. The first-order chi connectivity index (χ1) is 10.3. The number of amides is 1. The van der Waals surface area contributed by atoms with E-state index in [1.54, 1.807) is 0 Å². The summed E-state index contributed by atoms with van der Waals surface area (Å²) >= 11 is 0. The van der Waals surface area contributed by atoms with Crippen molar-refractivity contribution in [2.24, 2.45) is 11.8 Å². The Hall–Kier alpha value is -1.51. The molecule has 0 radical (unpaired) electrons. The molecule has 0 spiro atoms. The molecule has 0 aliphatic heterocycles. The zero-order chi connectivity index (χ0) is 14.7. The van der Waals surface area contributed by atoms with Crippen LogP contribution in [-0.2, 0) is 0 Å². The maximum Gasteiger partial charge on any atom is 0.253 e. The first-order valence-electron chi connectivity index (χ1n) is 8.39. The van der Waals surface area contributed by atoms with E-state index in [-0.39, 0.29) is 5.91 Å². The minimum absolute atomic E-state index is 0.218. The van der Waals surface area contributed by atoms with Crippen LogP contribution in [0.25, 0.3) is 0 Å². The van der Waals surface area contributed by atoms with Crippen molar-refractivity contribution in [1.82, 2.24) is 4.90 Å². The van der Waals surface area contributed by atoms with E-state index in [0.29, 0.717) is 0 Å². The van der Waals surface area contributed by atoms with Crippen molar-refractivity contribution in [3.8, 4) is 0 Å². The molecule has 3 nitrogen and oxygen atoms in total. The molecule has 114 valence electrons. The molecule has 0 atom stereocenters. The smallest absolute Gasteiger partial charge is 0.253 e. The van der Waals surface area contributed by atoms with Crippen LogP contribution in [0, 0.1) is 11.8 Å². The van der Waals surface area contributed by atoms with Gasteiger partial charge in [-0.05, 0) is 68.2 Å². The molecule has 2 saturated carbocycles. The Balaban J connectivity index is 1.62. The summed E-state index contributed by atoms with van der Waals surface area (Å²) in [5.41, 5.74) is 1.93. The lowest BCUT2D eigenvalue weighted by molar-refractivity contribution is 0.0739. The first kappa shape index (κ1) is 14.4. The van der Waals surface area contributed by atoms with Gasteiger partial charge in [-0.15, -0.1) is 0 Å². The largest absolute Gasteiger partial charge is 0.385 e. The molecule has 3 rings (SSSR count). The molecular weight excluding hydrogens is 260 g/mol. The summed E-state index contributed by atoms with van der Waals surface area (Å²) in [6, 6.07) is 7.98. The summed E-state index contributed by atoms with van der Waals surface area (Å²) in [6.45, 7) is 5.05. The highest BCUT2D eigenvalue weighted by Gasteiger charge is 2.31. The Morgan fingerprint density at radius 3 is 2.14 bits per heavy atom. The molecule has 1 aromatic rings. The predicted molar refractivity (Wildman–Crippen MR) is 86.6 cm³/mol. The second kappa shape index (κ2) is 6.50. The molecule has 0 saturated heterocycles. The van der Waals surface area contributed by atoms with Crippen LogP contribution in [0.15, 0.2) is 24.3 Å². The van der Waals surface area contributed by atoms with Gasteiger partial charge in [-0.2, -0.15) is 0 Å². The van der Waals surface area contributed by atoms with Crippen LogP contribution < -0.4 is 5.32 Å². The number of nitrogens with one attached hydrogen (secondary N) is 1. The van der Waals surface area contributed by atoms with Crippen LogP contribution in [0.5, 0.6) is 0 Å². The fourth-order valence-corrected chi connectivity index (χ4v) is 2.65. The summed E-state index contributed by atoms with van der Waals surface area (Å²) in [4.78, 5) is 14.8. The Morgan fingerprint density at radius 2 is 1.67 bits per heavy atom. The van der Waals surface area contributed by atoms with Gasteiger partial charge in [0.05, 0.1) is 0 Å². The SMILES string of the molecule is CCCNc1ccc(C(=O)N(CC2CC2)CC2CC2)cc1. The number of hydrogen-bond donors (Lipinski definition) is 1. The summed E-state index contributed by atoms with van der Waals surface area (Å²) in [6.07, 6.45) is 6.31. The molecule has 0 aromatic heterocycles. The molecule has 1 aromatic carbocycles. The van der Waals surface area contributed by atoms with Gasteiger partial charge in [-0.1, -0.05) is 6.92 Å². The maximum atomic E-state index is 12.7. The van der Waals surface area contributed by atoms with Crippen LogP contribution in [0.2, 0.25) is 0 Å². The third-order valence-corrected chi connectivity index (χ3v) is 4.35. The van der Waals surface area contributed by atoms with Crippen molar-refractivity contribution in [2.45, 2.75) is 39.0 Å². The number of carbonyl (C=O) groups is 1. The molecule has 2 fully saturated rings. The van der Waals surface area contributed by atoms with Crippen molar-refractivity contribution in [2.75, 3.05) is 25.0 Å². The minimum atomic E-state index is 0.218. The van der Waals surface area contributed by atoms with Gasteiger partial charge in [0.25, 0.3) is 5.91 Å². The molecule has 1 amide bonds. The number of anilines is 1. The third kappa shape index (κ3) is 4.23. The number of nitrogens with zero attached hydrogens (tertiary/aromatic N) is 1.